The van der Waals surface area contributed by atoms with Crippen molar-refractivity contribution < 1.29 is 9.53 Å². The molecule has 0 bridgehead atoms. The van der Waals surface area contributed by atoms with E-state index in [4.69, 9.17) is 11.3 Å². The van der Waals surface area contributed by atoms with Crippen molar-refractivity contribution in [2.75, 3.05) is 19.6 Å². The number of carbonyl (C=O) groups is 1. The van der Waals surface area contributed by atoms with E-state index >= 15 is 0 Å². The minimum Gasteiger partial charge on any atom is -0.444 e. The largest absolute Gasteiger partial charge is 0.444 e. The van der Waals surface area contributed by atoms with Crippen LogP contribution in [0.1, 0.15) is 33.6 Å². The molecule has 0 saturated carbocycles. The average Bonchev–Trinajstić information content (AvgIpc) is 2.16. The minimum absolute atomic E-state index is 0.228. The topological polar surface area (TPSA) is 33.9 Å². The molecule has 0 aromatic heterocycles. The van der Waals surface area contributed by atoms with Crippen molar-refractivity contribution in [1.82, 2.24) is 4.90 Å². The zero-order valence-corrected chi connectivity index (χ0v) is 10.3. The van der Waals surface area contributed by atoms with Crippen molar-refractivity contribution in [2.24, 2.45) is 5.92 Å². The van der Waals surface area contributed by atoms with Crippen LogP contribution in [0.3, 0.4) is 0 Å². The molecule has 0 spiro atoms. The molecule has 1 heterocycles. The smallest absolute Gasteiger partial charge is 0.410 e. The Kier molecular flexibility index (Phi) is 4.17. The summed E-state index contributed by atoms with van der Waals surface area (Å²) in [6.07, 6.45) is 1.61. The second-order valence-electron chi connectivity index (χ2n) is 5.25. The van der Waals surface area contributed by atoms with E-state index < -0.39 is 5.60 Å². The molecule has 1 rings (SSSR count). The van der Waals surface area contributed by atoms with Gasteiger partial charge in [-0.2, -0.15) is 0 Å². The summed E-state index contributed by atoms with van der Waals surface area (Å²) in [6.45, 7) is 14.4. The zero-order chi connectivity index (χ0) is 12.2. The average molecular weight is 224 g/mol. The third kappa shape index (κ3) is 4.09. The summed E-state index contributed by atoms with van der Waals surface area (Å²) in [5, 5.41) is 0. The van der Waals surface area contributed by atoms with Gasteiger partial charge < -0.3 is 14.5 Å². The Hall–Kier alpha value is -1.24. The molecule has 16 heavy (non-hydrogen) atoms. The highest BCUT2D eigenvalue weighted by molar-refractivity contribution is 5.68. The van der Waals surface area contributed by atoms with Crippen LogP contribution in [0.4, 0.5) is 4.79 Å². The lowest BCUT2D eigenvalue weighted by atomic mass is 9.97. The molecule has 0 N–H and O–H groups in total. The van der Waals surface area contributed by atoms with Crippen molar-refractivity contribution in [2.45, 2.75) is 39.2 Å². The van der Waals surface area contributed by atoms with Crippen LogP contribution in [0.5, 0.6) is 0 Å². The van der Waals surface area contributed by atoms with Crippen LogP contribution in [0.2, 0.25) is 0 Å². The highest BCUT2D eigenvalue weighted by Gasteiger charge is 2.27. The van der Waals surface area contributed by atoms with Crippen LogP contribution in [0, 0.1) is 12.5 Å². The van der Waals surface area contributed by atoms with Crippen LogP contribution in [-0.2, 0) is 4.74 Å². The lowest BCUT2D eigenvalue weighted by Gasteiger charge is -2.31. The number of ether oxygens (including phenoxy) is 1. The predicted molar refractivity (Wildman–Crippen MR) is 62.0 cm³/mol. The first kappa shape index (κ1) is 12.8. The van der Waals surface area contributed by atoms with E-state index in [-0.39, 0.29) is 6.09 Å². The summed E-state index contributed by atoms with van der Waals surface area (Å²) in [7, 11) is 0. The first-order valence-corrected chi connectivity index (χ1v) is 5.73. The van der Waals surface area contributed by atoms with Gasteiger partial charge in [-0.1, -0.05) is 0 Å². The molecule has 0 aromatic rings. The van der Waals surface area contributed by atoms with Gasteiger partial charge in [0.25, 0.3) is 0 Å². The van der Waals surface area contributed by atoms with Gasteiger partial charge in [-0.05, 0) is 33.6 Å². The monoisotopic (exact) mass is 224 g/mol. The van der Waals surface area contributed by atoms with Gasteiger partial charge in [0.2, 0.25) is 6.54 Å². The number of piperidine rings is 1. The molecule has 1 aliphatic heterocycles. The molecular weight excluding hydrogens is 204 g/mol. The Morgan fingerprint density at radius 2 is 2.00 bits per heavy atom. The first-order chi connectivity index (χ1) is 7.42. The SMILES string of the molecule is [C-]#[N+]CC1CCN(C(=O)OC(C)(C)C)CC1. The van der Waals surface area contributed by atoms with Crippen LogP contribution in [0.15, 0.2) is 0 Å². The molecule has 1 amide bonds. The van der Waals surface area contributed by atoms with Gasteiger partial charge in [-0.3, -0.25) is 0 Å². The maximum Gasteiger partial charge on any atom is 0.410 e. The molecule has 1 fully saturated rings. The van der Waals surface area contributed by atoms with Crippen LogP contribution >= 0.6 is 0 Å². The molecular formula is C12H20N2O2. The molecule has 4 heteroatoms. The normalized spacial score (nSPS) is 18.0. The van der Waals surface area contributed by atoms with Crippen molar-refractivity contribution in [3.05, 3.63) is 11.4 Å². The molecule has 0 unspecified atom stereocenters. The fraction of sp³-hybridized carbons (Fsp3) is 0.833. The second kappa shape index (κ2) is 5.20. The van der Waals surface area contributed by atoms with Crippen molar-refractivity contribution in [3.63, 3.8) is 0 Å². The van der Waals surface area contributed by atoms with Crippen LogP contribution in [-0.4, -0.2) is 36.2 Å². The van der Waals surface area contributed by atoms with E-state index in [2.05, 4.69) is 4.85 Å². The van der Waals surface area contributed by atoms with Crippen molar-refractivity contribution in [1.29, 1.82) is 0 Å². The molecule has 1 aliphatic rings. The fourth-order valence-corrected chi connectivity index (χ4v) is 1.75. The molecule has 0 aromatic carbocycles. The number of nitrogens with zero attached hydrogens (tertiary/aromatic N) is 2. The van der Waals surface area contributed by atoms with Gasteiger partial charge in [-0.15, -0.1) is 0 Å². The predicted octanol–water partition coefficient (Wildman–Crippen LogP) is 2.55. The summed E-state index contributed by atoms with van der Waals surface area (Å²) >= 11 is 0. The summed E-state index contributed by atoms with van der Waals surface area (Å²) in [5.41, 5.74) is -0.426. The van der Waals surface area contributed by atoms with Gasteiger partial charge in [0.05, 0.1) is 0 Å². The highest BCUT2D eigenvalue weighted by atomic mass is 16.6. The van der Waals surface area contributed by atoms with Crippen molar-refractivity contribution >= 4 is 6.09 Å². The standard InChI is InChI=1S/C12H20N2O2/c1-12(2,3)16-11(15)14-7-5-10(6-8-14)9-13-4/h10H,5-9H2,1-3H3. The Morgan fingerprint density at radius 1 is 1.44 bits per heavy atom. The van der Waals surface area contributed by atoms with E-state index in [0.29, 0.717) is 12.5 Å². The van der Waals surface area contributed by atoms with Gasteiger partial charge in [0.15, 0.2) is 0 Å². The Morgan fingerprint density at radius 3 is 2.44 bits per heavy atom. The molecule has 0 aliphatic carbocycles. The summed E-state index contributed by atoms with van der Waals surface area (Å²) < 4.78 is 5.30. The second-order valence-corrected chi connectivity index (χ2v) is 5.25. The summed E-state index contributed by atoms with van der Waals surface area (Å²) in [6, 6.07) is 0. The lowest BCUT2D eigenvalue weighted by molar-refractivity contribution is 0.0189. The number of likely N-dealkylation sites (tertiary alicyclic amines) is 1. The third-order valence-corrected chi connectivity index (χ3v) is 2.62. The zero-order valence-electron chi connectivity index (χ0n) is 10.3. The Labute approximate surface area is 97.4 Å². The van der Waals surface area contributed by atoms with Crippen LogP contribution < -0.4 is 0 Å². The van der Waals surface area contributed by atoms with Gasteiger partial charge in [0.1, 0.15) is 5.60 Å². The fourth-order valence-electron chi connectivity index (χ4n) is 1.75. The van der Waals surface area contributed by atoms with Gasteiger partial charge in [-0.25, -0.2) is 11.4 Å². The Balaban J connectivity index is 2.37. The molecule has 4 nitrogen and oxygen atoms in total. The van der Waals surface area contributed by atoms with Gasteiger partial charge >= 0.3 is 6.09 Å². The van der Waals surface area contributed by atoms with E-state index in [1.165, 1.54) is 0 Å². The highest BCUT2D eigenvalue weighted by Crippen LogP contribution is 2.19. The Bertz CT molecular complexity index is 280. The number of carbonyl (C=O) groups excluding carboxylic acids is 1. The summed E-state index contributed by atoms with van der Waals surface area (Å²) in [5.74, 6) is 0.455. The lowest BCUT2D eigenvalue weighted by Crippen LogP contribution is -2.42. The number of hydrogen-bond donors (Lipinski definition) is 0. The van der Waals surface area contributed by atoms with Crippen molar-refractivity contribution in [3.8, 4) is 0 Å². The minimum atomic E-state index is -0.426. The van der Waals surface area contributed by atoms with E-state index in [9.17, 15) is 4.79 Å². The quantitative estimate of drug-likeness (QED) is 0.641. The molecule has 0 radical (unpaired) electrons. The number of rotatable bonds is 1. The number of amides is 1. The van der Waals surface area contributed by atoms with Crippen LogP contribution in [0.25, 0.3) is 4.85 Å². The molecule has 90 valence electrons. The molecule has 1 saturated heterocycles. The maximum atomic E-state index is 11.7. The van der Waals surface area contributed by atoms with E-state index in [1.807, 2.05) is 20.8 Å². The molecule has 0 atom stereocenters. The van der Waals surface area contributed by atoms with E-state index in [1.54, 1.807) is 4.90 Å². The third-order valence-electron chi connectivity index (χ3n) is 2.62. The first-order valence-electron chi connectivity index (χ1n) is 5.73. The van der Waals surface area contributed by atoms with E-state index in [0.717, 1.165) is 25.9 Å². The number of hydrogen-bond acceptors (Lipinski definition) is 2. The maximum absolute atomic E-state index is 11.7. The van der Waals surface area contributed by atoms with Gasteiger partial charge in [0, 0.05) is 19.0 Å². The summed E-state index contributed by atoms with van der Waals surface area (Å²) in [4.78, 5) is 16.9.